The van der Waals surface area contributed by atoms with Crippen molar-refractivity contribution in [1.82, 2.24) is 0 Å². The number of carbonyl (C=O) groups is 2. The molecular formula is C28H26BrNO6. The molecule has 1 N–H and O–H groups in total. The number of Topliss-reactive ketones (excluding diaryl/α,β-unsaturated/α-hetero) is 1. The van der Waals surface area contributed by atoms with Crippen LogP contribution in [0.3, 0.4) is 0 Å². The first-order valence-corrected chi connectivity index (χ1v) is 12.2. The number of hydrogen-bond acceptors (Lipinski definition) is 6. The van der Waals surface area contributed by atoms with Gasteiger partial charge in [0.1, 0.15) is 23.0 Å². The van der Waals surface area contributed by atoms with Crippen LogP contribution in [0.1, 0.15) is 30.5 Å². The highest BCUT2D eigenvalue weighted by atomic mass is 79.9. The molecule has 1 atom stereocenters. The molecule has 186 valence electrons. The summed E-state index contributed by atoms with van der Waals surface area (Å²) in [4.78, 5) is 28.0. The Morgan fingerprint density at radius 2 is 1.61 bits per heavy atom. The Morgan fingerprint density at radius 3 is 2.19 bits per heavy atom. The first-order chi connectivity index (χ1) is 17.4. The van der Waals surface area contributed by atoms with Gasteiger partial charge in [-0.3, -0.25) is 14.5 Å². The summed E-state index contributed by atoms with van der Waals surface area (Å²) in [5.41, 5.74) is 1.53. The maximum atomic E-state index is 13.3. The molecule has 1 saturated heterocycles. The minimum Gasteiger partial charge on any atom is -0.507 e. The molecular weight excluding hydrogens is 526 g/mol. The van der Waals surface area contributed by atoms with Gasteiger partial charge in [0.2, 0.25) is 0 Å². The Bertz CT molecular complexity index is 1300. The summed E-state index contributed by atoms with van der Waals surface area (Å²) in [5.74, 6) is 0.0964. The smallest absolute Gasteiger partial charge is 0.300 e. The normalized spacial score (nSPS) is 16.8. The standard InChI is InChI=1S/C28H26BrNO6/c1-4-15-36-21-10-5-17(6-11-21)25-24(26(31)18-7-14-23(35-3)22(29)16-18)27(32)28(33)30(25)19-8-12-20(34-2)13-9-19/h5-14,16,25,31H,4,15H2,1-3H3/b26-24-. The molecule has 1 fully saturated rings. The minimum atomic E-state index is -0.848. The molecule has 0 bridgehead atoms. The number of rotatable bonds is 8. The molecule has 0 aromatic heterocycles. The fraction of sp³-hybridized carbons (Fsp3) is 0.214. The van der Waals surface area contributed by atoms with Crippen molar-refractivity contribution in [2.45, 2.75) is 19.4 Å². The van der Waals surface area contributed by atoms with E-state index in [-0.39, 0.29) is 11.3 Å². The van der Waals surface area contributed by atoms with Crippen LogP contribution in [0.15, 0.2) is 76.8 Å². The van der Waals surface area contributed by atoms with Gasteiger partial charge in [0.25, 0.3) is 11.7 Å². The summed E-state index contributed by atoms with van der Waals surface area (Å²) in [6, 6.07) is 18.2. The second-order valence-corrected chi connectivity index (χ2v) is 8.99. The second kappa shape index (κ2) is 10.9. The number of methoxy groups -OCH3 is 2. The molecule has 0 aliphatic carbocycles. The Kier molecular flexibility index (Phi) is 7.64. The van der Waals surface area contributed by atoms with E-state index >= 15 is 0 Å². The van der Waals surface area contributed by atoms with Crippen LogP contribution >= 0.6 is 15.9 Å². The van der Waals surface area contributed by atoms with Crippen LogP contribution in [0.25, 0.3) is 5.76 Å². The third-order valence-corrected chi connectivity index (χ3v) is 6.51. The van der Waals surface area contributed by atoms with Crippen LogP contribution in [0.4, 0.5) is 5.69 Å². The zero-order chi connectivity index (χ0) is 25.8. The molecule has 4 rings (SSSR count). The van der Waals surface area contributed by atoms with Gasteiger partial charge in [0, 0.05) is 11.3 Å². The number of nitrogens with zero attached hydrogens (tertiary/aromatic N) is 1. The molecule has 1 aliphatic heterocycles. The highest BCUT2D eigenvalue weighted by Crippen LogP contribution is 2.43. The minimum absolute atomic E-state index is 0.00453. The Balaban J connectivity index is 1.86. The lowest BCUT2D eigenvalue weighted by Gasteiger charge is -2.25. The van der Waals surface area contributed by atoms with Crippen molar-refractivity contribution in [3.63, 3.8) is 0 Å². The summed E-state index contributed by atoms with van der Waals surface area (Å²) in [5, 5.41) is 11.3. The van der Waals surface area contributed by atoms with E-state index in [4.69, 9.17) is 14.2 Å². The fourth-order valence-corrected chi connectivity index (χ4v) is 4.63. The van der Waals surface area contributed by atoms with E-state index in [0.717, 1.165) is 6.42 Å². The molecule has 1 amide bonds. The van der Waals surface area contributed by atoms with Crippen LogP contribution in [0.5, 0.6) is 17.2 Å². The van der Waals surface area contributed by atoms with Gasteiger partial charge in [0.15, 0.2) is 0 Å². The van der Waals surface area contributed by atoms with Crippen molar-refractivity contribution in [3.05, 3.63) is 87.9 Å². The molecule has 0 saturated carbocycles. The molecule has 7 nitrogen and oxygen atoms in total. The molecule has 3 aromatic carbocycles. The highest BCUT2D eigenvalue weighted by Gasteiger charge is 2.47. The van der Waals surface area contributed by atoms with Crippen LogP contribution in [0.2, 0.25) is 0 Å². The summed E-state index contributed by atoms with van der Waals surface area (Å²) in [6.07, 6.45) is 0.872. The maximum Gasteiger partial charge on any atom is 0.300 e. The number of ether oxygens (including phenoxy) is 3. The Hall–Kier alpha value is -3.78. The summed E-state index contributed by atoms with van der Waals surface area (Å²) in [7, 11) is 3.09. The molecule has 0 radical (unpaired) electrons. The first kappa shape index (κ1) is 25.3. The molecule has 36 heavy (non-hydrogen) atoms. The number of benzene rings is 3. The fourth-order valence-electron chi connectivity index (χ4n) is 4.09. The van der Waals surface area contributed by atoms with Gasteiger partial charge < -0.3 is 19.3 Å². The average Bonchev–Trinajstić information content (AvgIpc) is 3.17. The molecule has 1 heterocycles. The molecule has 3 aromatic rings. The van der Waals surface area contributed by atoms with Crippen molar-refractivity contribution in [2.75, 3.05) is 25.7 Å². The predicted octanol–water partition coefficient (Wildman–Crippen LogP) is 5.88. The third-order valence-electron chi connectivity index (χ3n) is 5.89. The number of carbonyl (C=O) groups excluding carboxylic acids is 2. The van der Waals surface area contributed by atoms with E-state index in [1.807, 2.05) is 6.92 Å². The number of aliphatic hydroxyl groups excluding tert-OH is 1. The van der Waals surface area contributed by atoms with Gasteiger partial charge in [-0.25, -0.2) is 0 Å². The van der Waals surface area contributed by atoms with Crippen molar-refractivity contribution in [3.8, 4) is 17.2 Å². The lowest BCUT2D eigenvalue weighted by atomic mass is 9.95. The number of hydrogen-bond donors (Lipinski definition) is 1. The maximum absolute atomic E-state index is 13.3. The predicted molar refractivity (Wildman–Crippen MR) is 141 cm³/mol. The van der Waals surface area contributed by atoms with E-state index in [0.29, 0.717) is 45.1 Å². The Morgan fingerprint density at radius 1 is 0.944 bits per heavy atom. The summed E-state index contributed by atoms with van der Waals surface area (Å²) < 4.78 is 16.8. The van der Waals surface area contributed by atoms with Gasteiger partial charge >= 0.3 is 0 Å². The van der Waals surface area contributed by atoms with Crippen molar-refractivity contribution in [2.24, 2.45) is 0 Å². The van der Waals surface area contributed by atoms with Gasteiger partial charge in [-0.2, -0.15) is 0 Å². The highest BCUT2D eigenvalue weighted by molar-refractivity contribution is 9.10. The van der Waals surface area contributed by atoms with E-state index in [1.165, 1.54) is 12.0 Å². The average molecular weight is 552 g/mol. The van der Waals surface area contributed by atoms with Crippen molar-refractivity contribution >= 4 is 39.1 Å². The van der Waals surface area contributed by atoms with E-state index < -0.39 is 17.7 Å². The van der Waals surface area contributed by atoms with Crippen LogP contribution < -0.4 is 19.1 Å². The number of anilines is 1. The number of aliphatic hydroxyl groups is 1. The third kappa shape index (κ3) is 4.81. The van der Waals surface area contributed by atoms with Crippen molar-refractivity contribution in [1.29, 1.82) is 0 Å². The van der Waals surface area contributed by atoms with Crippen LogP contribution in [0, 0.1) is 0 Å². The lowest BCUT2D eigenvalue weighted by Crippen LogP contribution is -2.29. The summed E-state index contributed by atoms with van der Waals surface area (Å²) >= 11 is 3.42. The largest absolute Gasteiger partial charge is 0.507 e. The van der Waals surface area contributed by atoms with Crippen LogP contribution in [-0.4, -0.2) is 37.6 Å². The zero-order valence-electron chi connectivity index (χ0n) is 20.2. The quantitative estimate of drug-likeness (QED) is 0.214. The van der Waals surface area contributed by atoms with Gasteiger partial charge in [-0.05, 0) is 82.5 Å². The molecule has 0 spiro atoms. The first-order valence-electron chi connectivity index (χ1n) is 11.4. The number of ketones is 1. The topological polar surface area (TPSA) is 85.3 Å². The molecule has 1 aliphatic rings. The van der Waals surface area contributed by atoms with Crippen molar-refractivity contribution < 1.29 is 28.9 Å². The van der Waals surface area contributed by atoms with E-state index in [9.17, 15) is 14.7 Å². The molecule has 1 unspecified atom stereocenters. The number of amides is 1. The monoisotopic (exact) mass is 551 g/mol. The molecule has 8 heteroatoms. The SMILES string of the molecule is CCCOc1ccc(C2/C(=C(/O)c3ccc(OC)c(Br)c3)C(=O)C(=O)N2c2ccc(OC)cc2)cc1. The second-order valence-electron chi connectivity index (χ2n) is 8.13. The Labute approximate surface area is 218 Å². The zero-order valence-corrected chi connectivity index (χ0v) is 21.7. The van der Waals surface area contributed by atoms with Gasteiger partial charge in [-0.1, -0.05) is 19.1 Å². The van der Waals surface area contributed by atoms with Crippen LogP contribution in [-0.2, 0) is 9.59 Å². The van der Waals surface area contributed by atoms with E-state index in [1.54, 1.807) is 73.8 Å². The number of halogens is 1. The van der Waals surface area contributed by atoms with Gasteiger partial charge in [0.05, 0.1) is 36.9 Å². The van der Waals surface area contributed by atoms with Gasteiger partial charge in [-0.15, -0.1) is 0 Å². The lowest BCUT2D eigenvalue weighted by molar-refractivity contribution is -0.132. The van der Waals surface area contributed by atoms with E-state index in [2.05, 4.69) is 15.9 Å². The summed E-state index contributed by atoms with van der Waals surface area (Å²) in [6.45, 7) is 2.60.